The highest BCUT2D eigenvalue weighted by Gasteiger charge is 2.55. The molecule has 4 atom stereocenters. The molecule has 4 nitrogen and oxygen atoms in total. The molecule has 2 aromatic rings. The zero-order chi connectivity index (χ0) is 20.4. The van der Waals surface area contributed by atoms with Crippen molar-refractivity contribution in [3.63, 3.8) is 0 Å². The van der Waals surface area contributed by atoms with Crippen molar-refractivity contribution in [2.45, 2.75) is 36.2 Å². The minimum Gasteiger partial charge on any atom is -0.385 e. The van der Waals surface area contributed by atoms with E-state index >= 15 is 0 Å². The van der Waals surface area contributed by atoms with Crippen LogP contribution in [0.25, 0.3) is 0 Å². The third-order valence-electron chi connectivity index (χ3n) is 5.51. The molecule has 3 rings (SSSR count). The van der Waals surface area contributed by atoms with Crippen LogP contribution in [0, 0.1) is 0 Å². The fraction of sp³-hybridized carbons (Fsp3) is 0.400. The van der Waals surface area contributed by atoms with Crippen LogP contribution >= 0.6 is 12.1 Å². The third kappa shape index (κ3) is 4.35. The van der Waals surface area contributed by atoms with Gasteiger partial charge in [0.1, 0.15) is 23.4 Å². The van der Waals surface area contributed by atoms with Crippen LogP contribution < -0.4 is 0 Å². The van der Waals surface area contributed by atoms with Gasteiger partial charge in [-0.3, -0.25) is 0 Å². The van der Waals surface area contributed by atoms with Gasteiger partial charge in [-0.05, 0) is 36.3 Å². The summed E-state index contributed by atoms with van der Waals surface area (Å²) in [4.78, 5) is 0. The second-order valence-corrected chi connectivity index (χ2v) is 17.8. The van der Waals surface area contributed by atoms with Crippen LogP contribution in [0.2, 0.25) is 0 Å². The van der Waals surface area contributed by atoms with E-state index in [2.05, 4.69) is 0 Å². The molecular weight excluding hydrogens is 430 g/mol. The number of benzene rings is 2. The molecule has 0 radical (unpaired) electrons. The number of hydrogen-bond acceptors (Lipinski definition) is 6. The molecule has 0 saturated carbocycles. The van der Waals surface area contributed by atoms with Crippen molar-refractivity contribution >= 4 is 35.7 Å². The Kier molecular flexibility index (Phi) is 7.28. The first-order valence-electron chi connectivity index (χ1n) is 9.26. The topological polar surface area (TPSA) is 80.9 Å². The molecule has 0 aromatic heterocycles. The molecule has 8 heteroatoms. The molecule has 0 aliphatic carbocycles. The molecule has 1 aliphatic heterocycles. The molecule has 1 heterocycles. The van der Waals surface area contributed by atoms with Gasteiger partial charge in [0.25, 0.3) is 0 Å². The zero-order valence-corrected chi connectivity index (χ0v) is 18.8. The second kappa shape index (κ2) is 9.16. The highest BCUT2D eigenvalue weighted by Crippen LogP contribution is 2.72. The van der Waals surface area contributed by atoms with E-state index in [9.17, 15) is 20.4 Å². The predicted molar refractivity (Wildman–Crippen MR) is 123 cm³/mol. The van der Waals surface area contributed by atoms with Crippen LogP contribution in [0.3, 0.4) is 0 Å². The molecule has 0 bridgehead atoms. The lowest BCUT2D eigenvalue weighted by atomic mass is 10.2. The van der Waals surface area contributed by atoms with E-state index in [1.165, 1.54) is 0 Å². The van der Waals surface area contributed by atoms with Gasteiger partial charge in [0.2, 0.25) is 0 Å². The molecule has 1 aliphatic rings. The van der Waals surface area contributed by atoms with E-state index in [1.54, 1.807) is 0 Å². The van der Waals surface area contributed by atoms with Crippen LogP contribution in [-0.2, 0) is 36.5 Å². The highest BCUT2D eigenvalue weighted by molar-refractivity contribution is 8.19. The van der Waals surface area contributed by atoms with Crippen molar-refractivity contribution in [2.24, 2.45) is 0 Å². The quantitative estimate of drug-likeness (QED) is 0.501. The normalized spacial score (nSPS) is 35.6. The van der Waals surface area contributed by atoms with Gasteiger partial charge in [-0.1, -0.05) is 84.3 Å². The van der Waals surface area contributed by atoms with E-state index < -0.39 is 35.5 Å². The van der Waals surface area contributed by atoms with Crippen molar-refractivity contribution in [3.05, 3.63) is 71.8 Å². The van der Waals surface area contributed by atoms with Gasteiger partial charge in [-0.2, -0.15) is 0 Å². The Hall–Kier alpha value is -0.420. The van der Waals surface area contributed by atoms with Gasteiger partial charge in [-0.25, -0.2) is 0 Å². The molecule has 1 saturated heterocycles. The summed E-state index contributed by atoms with van der Waals surface area (Å²) >= 11 is 11.4. The molecular formula is C20H26O4P2S2. The summed E-state index contributed by atoms with van der Waals surface area (Å²) in [5.74, 6) is -4.98. The van der Waals surface area contributed by atoms with Crippen LogP contribution in [0.1, 0.15) is 11.1 Å². The first-order valence-corrected chi connectivity index (χ1v) is 15.5. The summed E-state index contributed by atoms with van der Waals surface area (Å²) in [6.07, 6.45) is 1.91. The van der Waals surface area contributed by atoms with Gasteiger partial charge in [0.15, 0.2) is 0 Å². The van der Waals surface area contributed by atoms with Crippen LogP contribution in [0.5, 0.6) is 0 Å². The summed E-state index contributed by atoms with van der Waals surface area (Å²) in [6.45, 7) is 0. The lowest BCUT2D eigenvalue weighted by Gasteiger charge is -2.48. The summed E-state index contributed by atoms with van der Waals surface area (Å²) < 4.78 is 0. The van der Waals surface area contributed by atoms with Gasteiger partial charge in [-0.15, -0.1) is 0 Å². The van der Waals surface area contributed by atoms with Gasteiger partial charge < -0.3 is 20.4 Å². The van der Waals surface area contributed by atoms with Crippen LogP contribution in [0.15, 0.2) is 60.7 Å². The molecule has 0 spiro atoms. The number of aryl methyl sites for hydroxylation is 2. The molecule has 0 amide bonds. The Morgan fingerprint density at radius 1 is 0.571 bits per heavy atom. The zero-order valence-electron chi connectivity index (χ0n) is 15.4. The monoisotopic (exact) mass is 456 g/mol. The SMILES string of the molecule is OC1C(O)P(=S)(CCc2ccccc2)C(O)C(O)P1(=S)CCc1ccccc1. The fourth-order valence-electron chi connectivity index (χ4n) is 3.64. The number of aliphatic hydroxyl groups is 4. The van der Waals surface area contributed by atoms with Crippen molar-refractivity contribution in [1.29, 1.82) is 0 Å². The van der Waals surface area contributed by atoms with Gasteiger partial charge in [0.05, 0.1) is 0 Å². The smallest absolute Gasteiger partial charge is 0.115 e. The lowest BCUT2D eigenvalue weighted by molar-refractivity contribution is 0.0770. The maximum atomic E-state index is 10.9. The fourth-order valence-corrected chi connectivity index (χ4v) is 14.2. The van der Waals surface area contributed by atoms with Crippen LogP contribution in [-0.4, -0.2) is 56.1 Å². The Bertz CT molecular complexity index is 781. The third-order valence-corrected chi connectivity index (χ3v) is 16.2. The largest absolute Gasteiger partial charge is 0.385 e. The number of rotatable bonds is 6. The first-order chi connectivity index (χ1) is 13.3. The number of hydrogen-bond donors (Lipinski definition) is 4. The Labute approximate surface area is 176 Å². The summed E-state index contributed by atoms with van der Waals surface area (Å²) in [6, 6.07) is 13.7. The molecule has 2 aromatic carbocycles. The summed E-state index contributed by atoms with van der Waals surface area (Å²) in [5, 5.41) is 43.5. The summed E-state index contributed by atoms with van der Waals surface area (Å²) in [7, 11) is 0. The lowest BCUT2D eigenvalue weighted by Crippen LogP contribution is -2.45. The minimum atomic E-state index is -2.84. The van der Waals surface area contributed by atoms with E-state index in [0.29, 0.717) is 25.2 Å². The van der Waals surface area contributed by atoms with E-state index in [-0.39, 0.29) is 0 Å². The Morgan fingerprint density at radius 2 is 0.857 bits per heavy atom. The minimum absolute atomic E-state index is 0.372. The average molecular weight is 457 g/mol. The highest BCUT2D eigenvalue weighted by atomic mass is 32.4. The maximum Gasteiger partial charge on any atom is 0.115 e. The Morgan fingerprint density at radius 3 is 1.14 bits per heavy atom. The number of aliphatic hydroxyl groups excluding tert-OH is 4. The van der Waals surface area contributed by atoms with Gasteiger partial charge in [0, 0.05) is 12.1 Å². The average Bonchev–Trinajstić information content (AvgIpc) is 2.74. The molecule has 1 fully saturated rings. The van der Waals surface area contributed by atoms with Crippen LogP contribution in [0.4, 0.5) is 0 Å². The van der Waals surface area contributed by atoms with Crippen molar-refractivity contribution < 1.29 is 20.4 Å². The summed E-state index contributed by atoms with van der Waals surface area (Å²) in [5.41, 5.74) is 2.09. The molecule has 28 heavy (non-hydrogen) atoms. The standard InChI is InChI=1S/C20H26O4P2S2/c21-17-19(23)26(28,14-12-16-9-5-2-6-10-16)20(24)18(22)25(17,27)13-11-15-7-3-1-4-8-15/h1-10,17-24H,11-14H2. The first kappa shape index (κ1) is 22.3. The predicted octanol–water partition coefficient (Wildman–Crippen LogP) is 2.72. The van der Waals surface area contributed by atoms with E-state index in [4.69, 9.17) is 23.6 Å². The van der Waals surface area contributed by atoms with E-state index in [1.807, 2.05) is 60.7 Å². The van der Waals surface area contributed by atoms with Gasteiger partial charge >= 0.3 is 0 Å². The van der Waals surface area contributed by atoms with E-state index in [0.717, 1.165) is 11.1 Å². The molecule has 4 unspecified atom stereocenters. The van der Waals surface area contributed by atoms with Crippen molar-refractivity contribution in [3.8, 4) is 0 Å². The molecule has 152 valence electrons. The van der Waals surface area contributed by atoms with Crippen molar-refractivity contribution in [2.75, 3.05) is 12.3 Å². The maximum absolute atomic E-state index is 10.9. The second-order valence-electron chi connectivity index (χ2n) is 7.28. The van der Waals surface area contributed by atoms with Crippen molar-refractivity contribution in [1.82, 2.24) is 0 Å². The molecule has 4 N–H and O–H groups in total. The Balaban J connectivity index is 1.78.